The first-order valence-corrected chi connectivity index (χ1v) is 6.35. The third-order valence-corrected chi connectivity index (χ3v) is 3.60. The number of rotatable bonds is 4. The molecule has 0 aromatic carbocycles. The van der Waals surface area contributed by atoms with Crippen molar-refractivity contribution in [1.82, 2.24) is 4.90 Å². The summed E-state index contributed by atoms with van der Waals surface area (Å²) in [5.74, 6) is -0.178. The summed E-state index contributed by atoms with van der Waals surface area (Å²) < 4.78 is 0. The predicted octanol–water partition coefficient (Wildman–Crippen LogP) is 0.522. The van der Waals surface area contributed by atoms with E-state index in [1.165, 1.54) is 4.90 Å². The van der Waals surface area contributed by atoms with Crippen LogP contribution in [0.3, 0.4) is 0 Å². The molecule has 0 aromatic rings. The fraction of sp³-hybridized carbons (Fsp3) is 0.833. The topological polar surface area (TPSA) is 99.2 Å². The van der Waals surface area contributed by atoms with Gasteiger partial charge >= 0.3 is 0 Å². The van der Waals surface area contributed by atoms with E-state index in [9.17, 15) is 9.90 Å². The number of oxime groups is 1. The van der Waals surface area contributed by atoms with Gasteiger partial charge in [-0.05, 0) is 19.8 Å². The van der Waals surface area contributed by atoms with E-state index in [2.05, 4.69) is 5.16 Å². The van der Waals surface area contributed by atoms with Crippen molar-refractivity contribution in [2.24, 2.45) is 16.3 Å². The molecule has 1 saturated carbocycles. The molecule has 1 rings (SSSR count). The molecule has 6 heteroatoms. The number of nitrogens with zero attached hydrogens (tertiary/aromatic N) is 2. The maximum absolute atomic E-state index is 12.5. The molecule has 0 aliphatic heterocycles. The molecular formula is C12H23N3O3. The van der Waals surface area contributed by atoms with Crippen LogP contribution in [-0.2, 0) is 4.79 Å². The van der Waals surface area contributed by atoms with E-state index >= 15 is 0 Å². The number of aliphatic hydroxyl groups excluding tert-OH is 1. The van der Waals surface area contributed by atoms with Gasteiger partial charge in [-0.25, -0.2) is 0 Å². The first-order chi connectivity index (χ1) is 8.44. The number of carbonyl (C=O) groups excluding carboxylic acids is 1. The zero-order valence-electron chi connectivity index (χ0n) is 11.1. The molecule has 4 N–H and O–H groups in total. The molecular weight excluding hydrogens is 234 g/mol. The monoisotopic (exact) mass is 257 g/mol. The van der Waals surface area contributed by atoms with Gasteiger partial charge in [0.1, 0.15) is 5.41 Å². The van der Waals surface area contributed by atoms with Gasteiger partial charge in [0.15, 0.2) is 5.84 Å². The highest BCUT2D eigenvalue weighted by Gasteiger charge is 2.45. The van der Waals surface area contributed by atoms with Crippen LogP contribution in [0, 0.1) is 5.41 Å². The van der Waals surface area contributed by atoms with E-state index in [4.69, 9.17) is 10.9 Å². The molecule has 0 radical (unpaired) electrons. The number of amidine groups is 1. The Kier molecular flexibility index (Phi) is 4.95. The lowest BCUT2D eigenvalue weighted by molar-refractivity contribution is -0.139. The summed E-state index contributed by atoms with van der Waals surface area (Å²) >= 11 is 0. The zero-order chi connectivity index (χ0) is 13.8. The van der Waals surface area contributed by atoms with Crippen LogP contribution in [0.25, 0.3) is 0 Å². The van der Waals surface area contributed by atoms with E-state index in [1.807, 2.05) is 0 Å². The maximum Gasteiger partial charge on any atom is 0.236 e. The number of aliphatic hydroxyl groups is 1. The van der Waals surface area contributed by atoms with Gasteiger partial charge in [-0.2, -0.15) is 0 Å². The number of nitrogens with two attached hydrogens (primary N) is 1. The van der Waals surface area contributed by atoms with Crippen LogP contribution in [0.15, 0.2) is 5.16 Å². The summed E-state index contributed by atoms with van der Waals surface area (Å²) in [5, 5.41) is 21.3. The number of hydrogen-bond donors (Lipinski definition) is 3. The summed E-state index contributed by atoms with van der Waals surface area (Å²) in [4.78, 5) is 14.0. The van der Waals surface area contributed by atoms with E-state index < -0.39 is 11.5 Å². The number of amides is 1. The van der Waals surface area contributed by atoms with Crippen LogP contribution in [0.5, 0.6) is 0 Å². The average molecular weight is 257 g/mol. The number of carbonyl (C=O) groups is 1. The van der Waals surface area contributed by atoms with Crippen molar-refractivity contribution in [3.63, 3.8) is 0 Å². The first kappa shape index (κ1) is 14.8. The summed E-state index contributed by atoms with van der Waals surface area (Å²) in [5.41, 5.74) is 4.85. The molecule has 1 aliphatic rings. The van der Waals surface area contributed by atoms with Gasteiger partial charge in [0.05, 0.1) is 6.10 Å². The van der Waals surface area contributed by atoms with Crippen LogP contribution in [0.4, 0.5) is 0 Å². The maximum atomic E-state index is 12.5. The molecule has 0 spiro atoms. The van der Waals surface area contributed by atoms with Crippen LogP contribution >= 0.6 is 0 Å². The third-order valence-electron chi connectivity index (χ3n) is 3.60. The minimum atomic E-state index is -0.892. The third kappa shape index (κ3) is 2.93. The number of likely N-dealkylation sites (N-methyl/N-ethyl adjacent to an activating group) is 1. The Labute approximate surface area is 107 Å². The van der Waals surface area contributed by atoms with Gasteiger partial charge in [-0.3, -0.25) is 4.79 Å². The molecule has 18 heavy (non-hydrogen) atoms. The van der Waals surface area contributed by atoms with E-state index in [0.29, 0.717) is 12.8 Å². The van der Waals surface area contributed by atoms with Crippen LogP contribution in [0.1, 0.15) is 39.0 Å². The van der Waals surface area contributed by atoms with Gasteiger partial charge in [-0.1, -0.05) is 24.4 Å². The highest BCUT2D eigenvalue weighted by Crippen LogP contribution is 2.38. The Hall–Kier alpha value is -1.30. The van der Waals surface area contributed by atoms with Crippen LogP contribution in [0.2, 0.25) is 0 Å². The molecule has 1 amide bonds. The molecule has 0 heterocycles. The SMILES string of the molecule is CC(O)CN(C)C(=O)C1(C(N)=NO)CCCCC1. The fourth-order valence-electron chi connectivity index (χ4n) is 2.68. The fourth-order valence-corrected chi connectivity index (χ4v) is 2.68. The normalized spacial score (nSPS) is 21.4. The second kappa shape index (κ2) is 6.04. The summed E-state index contributed by atoms with van der Waals surface area (Å²) in [7, 11) is 1.63. The van der Waals surface area contributed by atoms with Crippen LogP contribution in [-0.4, -0.2) is 46.7 Å². The Morgan fingerprint density at radius 1 is 1.44 bits per heavy atom. The van der Waals surface area contributed by atoms with Crippen LogP contribution < -0.4 is 5.73 Å². The lowest BCUT2D eigenvalue weighted by atomic mass is 9.72. The van der Waals surface area contributed by atoms with Gasteiger partial charge in [-0.15, -0.1) is 0 Å². The lowest BCUT2D eigenvalue weighted by Gasteiger charge is -2.37. The Balaban J connectivity index is 2.93. The molecule has 6 nitrogen and oxygen atoms in total. The van der Waals surface area contributed by atoms with Crippen molar-refractivity contribution in [1.29, 1.82) is 0 Å². The van der Waals surface area contributed by atoms with E-state index in [-0.39, 0.29) is 18.3 Å². The molecule has 1 atom stereocenters. The molecule has 104 valence electrons. The molecule has 1 fully saturated rings. The van der Waals surface area contributed by atoms with Crippen molar-refractivity contribution < 1.29 is 15.1 Å². The second-order valence-corrected chi connectivity index (χ2v) is 5.16. The summed E-state index contributed by atoms with van der Waals surface area (Å²) in [6.07, 6.45) is 3.47. The second-order valence-electron chi connectivity index (χ2n) is 5.16. The van der Waals surface area contributed by atoms with Crippen molar-refractivity contribution in [2.45, 2.75) is 45.1 Å². The van der Waals surface area contributed by atoms with Gasteiger partial charge in [0.25, 0.3) is 0 Å². The van der Waals surface area contributed by atoms with Crippen molar-refractivity contribution in [3.05, 3.63) is 0 Å². The minimum absolute atomic E-state index is 0.00959. The molecule has 0 aromatic heterocycles. The van der Waals surface area contributed by atoms with Crippen molar-refractivity contribution in [3.8, 4) is 0 Å². The Morgan fingerprint density at radius 2 is 2.00 bits per heavy atom. The first-order valence-electron chi connectivity index (χ1n) is 6.35. The number of hydrogen-bond acceptors (Lipinski definition) is 4. The summed E-state index contributed by atoms with van der Waals surface area (Å²) in [6, 6.07) is 0. The van der Waals surface area contributed by atoms with Gasteiger partial charge in [0.2, 0.25) is 5.91 Å². The Bertz CT molecular complexity index is 323. The predicted molar refractivity (Wildman–Crippen MR) is 68.2 cm³/mol. The zero-order valence-corrected chi connectivity index (χ0v) is 11.1. The lowest BCUT2D eigenvalue weighted by Crippen LogP contribution is -2.52. The van der Waals surface area contributed by atoms with Crippen molar-refractivity contribution in [2.75, 3.05) is 13.6 Å². The average Bonchev–Trinajstić information content (AvgIpc) is 2.36. The Morgan fingerprint density at radius 3 is 2.44 bits per heavy atom. The van der Waals surface area contributed by atoms with E-state index in [1.54, 1.807) is 14.0 Å². The standard InChI is InChI=1S/C12H23N3O3/c1-9(16)8-15(2)11(17)12(10(13)14-18)6-4-3-5-7-12/h9,16,18H,3-8H2,1-2H3,(H2,13,14). The quantitative estimate of drug-likeness (QED) is 0.296. The summed E-state index contributed by atoms with van der Waals surface area (Å²) in [6.45, 7) is 1.88. The van der Waals surface area contributed by atoms with Crippen molar-refractivity contribution >= 4 is 11.7 Å². The molecule has 1 unspecified atom stereocenters. The smallest absolute Gasteiger partial charge is 0.236 e. The largest absolute Gasteiger partial charge is 0.409 e. The van der Waals surface area contributed by atoms with Gasteiger partial charge < -0.3 is 20.9 Å². The minimum Gasteiger partial charge on any atom is -0.409 e. The molecule has 1 aliphatic carbocycles. The molecule has 0 bridgehead atoms. The van der Waals surface area contributed by atoms with E-state index in [0.717, 1.165) is 19.3 Å². The highest BCUT2D eigenvalue weighted by molar-refractivity contribution is 6.06. The van der Waals surface area contributed by atoms with Gasteiger partial charge in [0, 0.05) is 13.6 Å². The molecule has 0 saturated heterocycles. The highest BCUT2D eigenvalue weighted by atomic mass is 16.4.